The van der Waals surface area contributed by atoms with Crippen molar-refractivity contribution in [1.29, 1.82) is 0 Å². The van der Waals surface area contributed by atoms with Crippen LogP contribution >= 0.6 is 0 Å². The SMILES string of the molecule is COC1(C(F)(F)CNC(=O)c2cnn3ccncc23)CCC1. The summed E-state index contributed by atoms with van der Waals surface area (Å²) in [5, 5.41) is 6.26. The van der Waals surface area contributed by atoms with E-state index in [0.717, 1.165) is 0 Å². The second-order valence-electron chi connectivity index (χ2n) is 5.40. The number of aromatic nitrogens is 3. The van der Waals surface area contributed by atoms with E-state index in [2.05, 4.69) is 15.4 Å². The molecule has 1 saturated carbocycles. The fourth-order valence-electron chi connectivity index (χ4n) is 2.67. The highest BCUT2D eigenvalue weighted by atomic mass is 19.3. The van der Waals surface area contributed by atoms with E-state index in [1.54, 1.807) is 6.20 Å². The van der Waals surface area contributed by atoms with Gasteiger partial charge in [0.05, 0.1) is 30.0 Å². The molecule has 1 fully saturated rings. The third kappa shape index (κ3) is 2.23. The summed E-state index contributed by atoms with van der Waals surface area (Å²) in [6.45, 7) is -0.767. The van der Waals surface area contributed by atoms with Gasteiger partial charge in [-0.05, 0) is 19.3 Å². The van der Waals surface area contributed by atoms with E-state index in [-0.39, 0.29) is 5.56 Å². The number of nitrogens with one attached hydrogen (secondary N) is 1. The van der Waals surface area contributed by atoms with Crippen molar-refractivity contribution in [2.24, 2.45) is 0 Å². The van der Waals surface area contributed by atoms with E-state index < -0.39 is 24.0 Å². The van der Waals surface area contributed by atoms with Gasteiger partial charge < -0.3 is 10.1 Å². The predicted octanol–water partition coefficient (Wildman–Crippen LogP) is 1.66. The third-order valence-electron chi connectivity index (χ3n) is 4.26. The zero-order chi connectivity index (χ0) is 15.8. The van der Waals surface area contributed by atoms with Crippen molar-refractivity contribution in [3.8, 4) is 0 Å². The van der Waals surface area contributed by atoms with Gasteiger partial charge in [-0.2, -0.15) is 5.10 Å². The van der Waals surface area contributed by atoms with E-state index in [1.807, 2.05) is 0 Å². The lowest BCUT2D eigenvalue weighted by Gasteiger charge is -2.45. The lowest BCUT2D eigenvalue weighted by Crippen LogP contribution is -2.59. The zero-order valence-electron chi connectivity index (χ0n) is 12.1. The first-order chi connectivity index (χ1) is 10.5. The number of ether oxygens (including phenoxy) is 1. The number of rotatable bonds is 5. The van der Waals surface area contributed by atoms with E-state index in [1.165, 1.54) is 30.2 Å². The van der Waals surface area contributed by atoms with Crippen molar-refractivity contribution < 1.29 is 18.3 Å². The van der Waals surface area contributed by atoms with Gasteiger partial charge in [0.25, 0.3) is 11.8 Å². The van der Waals surface area contributed by atoms with Crippen molar-refractivity contribution in [2.45, 2.75) is 30.8 Å². The Morgan fingerprint density at radius 3 is 2.91 bits per heavy atom. The molecule has 118 valence electrons. The lowest BCUT2D eigenvalue weighted by atomic mass is 9.75. The number of halogens is 2. The molecular formula is C14H16F2N4O2. The Labute approximate surface area is 125 Å². The summed E-state index contributed by atoms with van der Waals surface area (Å²) >= 11 is 0. The van der Waals surface area contributed by atoms with Crippen molar-refractivity contribution >= 4 is 11.4 Å². The fraction of sp³-hybridized carbons (Fsp3) is 0.500. The molecule has 2 aromatic rings. The number of alkyl halides is 2. The maximum Gasteiger partial charge on any atom is 0.293 e. The average molecular weight is 310 g/mol. The summed E-state index contributed by atoms with van der Waals surface area (Å²) in [7, 11) is 1.28. The first-order valence-corrected chi connectivity index (χ1v) is 6.98. The maximum absolute atomic E-state index is 14.3. The van der Waals surface area contributed by atoms with Crippen LogP contribution in [0, 0.1) is 0 Å². The normalized spacial score (nSPS) is 17.2. The molecule has 1 N–H and O–H groups in total. The van der Waals surface area contributed by atoms with Crippen molar-refractivity contribution in [1.82, 2.24) is 19.9 Å². The number of hydrogen-bond donors (Lipinski definition) is 1. The summed E-state index contributed by atoms with van der Waals surface area (Å²) in [5.74, 6) is -3.72. The molecular weight excluding hydrogens is 294 g/mol. The second kappa shape index (κ2) is 5.28. The Bertz CT molecular complexity index is 691. The highest BCUT2D eigenvalue weighted by molar-refractivity contribution is 6.00. The van der Waals surface area contributed by atoms with E-state index in [9.17, 15) is 13.6 Å². The molecule has 0 spiro atoms. The van der Waals surface area contributed by atoms with Crippen LogP contribution in [0.4, 0.5) is 8.78 Å². The van der Waals surface area contributed by atoms with Crippen molar-refractivity contribution in [3.63, 3.8) is 0 Å². The van der Waals surface area contributed by atoms with Crippen LogP contribution in [0.15, 0.2) is 24.8 Å². The van der Waals surface area contributed by atoms with Crippen LogP contribution in [-0.4, -0.2) is 45.7 Å². The number of carbonyl (C=O) groups is 1. The van der Waals surface area contributed by atoms with Gasteiger partial charge in [-0.1, -0.05) is 0 Å². The molecule has 0 aliphatic heterocycles. The number of methoxy groups -OCH3 is 1. The average Bonchev–Trinajstić information content (AvgIpc) is 2.88. The van der Waals surface area contributed by atoms with Crippen LogP contribution in [0.5, 0.6) is 0 Å². The molecule has 3 rings (SSSR count). The summed E-state index contributed by atoms with van der Waals surface area (Å²) in [4.78, 5) is 16.0. The Morgan fingerprint density at radius 2 is 2.27 bits per heavy atom. The van der Waals surface area contributed by atoms with Crippen LogP contribution in [0.25, 0.3) is 5.52 Å². The van der Waals surface area contributed by atoms with Crippen LogP contribution in [0.1, 0.15) is 29.6 Å². The van der Waals surface area contributed by atoms with Gasteiger partial charge in [-0.15, -0.1) is 0 Å². The quantitative estimate of drug-likeness (QED) is 0.912. The van der Waals surface area contributed by atoms with Gasteiger partial charge in [0.1, 0.15) is 5.60 Å². The standard InChI is InChI=1S/C14H16F2N4O2/c1-22-13(3-2-4-13)14(15,16)9-18-12(21)10-7-19-20-6-5-17-8-11(10)20/h5-8H,2-4,9H2,1H3,(H,18,21). The minimum atomic E-state index is -3.11. The molecule has 0 aromatic carbocycles. The Balaban J connectivity index is 1.72. The second-order valence-corrected chi connectivity index (χ2v) is 5.40. The van der Waals surface area contributed by atoms with Gasteiger partial charge in [0, 0.05) is 19.5 Å². The molecule has 0 bridgehead atoms. The van der Waals surface area contributed by atoms with E-state index in [4.69, 9.17) is 4.74 Å². The monoisotopic (exact) mass is 310 g/mol. The van der Waals surface area contributed by atoms with Gasteiger partial charge in [-0.3, -0.25) is 9.78 Å². The molecule has 8 heteroatoms. The van der Waals surface area contributed by atoms with Crippen molar-refractivity contribution in [2.75, 3.05) is 13.7 Å². The molecule has 1 amide bonds. The molecule has 0 unspecified atom stereocenters. The third-order valence-corrected chi connectivity index (χ3v) is 4.26. The molecule has 0 saturated heterocycles. The van der Waals surface area contributed by atoms with Gasteiger partial charge in [-0.25, -0.2) is 13.3 Å². The van der Waals surface area contributed by atoms with Crippen LogP contribution in [0.2, 0.25) is 0 Å². The molecule has 2 aromatic heterocycles. The molecule has 0 radical (unpaired) electrons. The summed E-state index contributed by atoms with van der Waals surface area (Å²) < 4.78 is 35.0. The number of carbonyl (C=O) groups excluding carboxylic acids is 1. The molecule has 6 nitrogen and oxygen atoms in total. The topological polar surface area (TPSA) is 68.5 Å². The zero-order valence-corrected chi connectivity index (χ0v) is 12.1. The number of nitrogens with zero attached hydrogens (tertiary/aromatic N) is 3. The first-order valence-electron chi connectivity index (χ1n) is 6.98. The lowest BCUT2D eigenvalue weighted by molar-refractivity contribution is -0.228. The number of fused-ring (bicyclic) bond motifs is 1. The smallest absolute Gasteiger partial charge is 0.293 e. The molecule has 1 aliphatic rings. The Hall–Kier alpha value is -2.09. The van der Waals surface area contributed by atoms with Crippen LogP contribution < -0.4 is 5.32 Å². The summed E-state index contributed by atoms with van der Waals surface area (Å²) in [6, 6.07) is 0. The molecule has 0 atom stereocenters. The van der Waals surface area contributed by atoms with Gasteiger partial charge in [0.2, 0.25) is 0 Å². The van der Waals surface area contributed by atoms with Crippen LogP contribution in [0.3, 0.4) is 0 Å². The highest BCUT2D eigenvalue weighted by Crippen LogP contribution is 2.46. The maximum atomic E-state index is 14.3. The number of hydrogen-bond acceptors (Lipinski definition) is 4. The van der Waals surface area contributed by atoms with Crippen LogP contribution in [-0.2, 0) is 4.74 Å². The minimum Gasteiger partial charge on any atom is -0.372 e. The Morgan fingerprint density at radius 1 is 1.50 bits per heavy atom. The summed E-state index contributed by atoms with van der Waals surface area (Å²) in [6.07, 6.45) is 7.20. The molecule has 1 aliphatic carbocycles. The van der Waals surface area contributed by atoms with E-state index in [0.29, 0.717) is 24.8 Å². The largest absolute Gasteiger partial charge is 0.372 e. The fourth-order valence-corrected chi connectivity index (χ4v) is 2.67. The van der Waals surface area contributed by atoms with Crippen molar-refractivity contribution in [3.05, 3.63) is 30.4 Å². The first kappa shape index (κ1) is 14.8. The molecule has 2 heterocycles. The molecule has 22 heavy (non-hydrogen) atoms. The Kier molecular flexibility index (Phi) is 3.56. The predicted molar refractivity (Wildman–Crippen MR) is 73.9 cm³/mol. The van der Waals surface area contributed by atoms with Gasteiger partial charge in [0.15, 0.2) is 0 Å². The van der Waals surface area contributed by atoms with Gasteiger partial charge >= 0.3 is 0 Å². The number of amides is 1. The summed E-state index contributed by atoms with van der Waals surface area (Å²) in [5.41, 5.74) is -0.777. The highest BCUT2D eigenvalue weighted by Gasteiger charge is 2.57. The minimum absolute atomic E-state index is 0.212. The van der Waals surface area contributed by atoms with E-state index >= 15 is 0 Å².